The second kappa shape index (κ2) is 6.98. The average molecular weight is 359 g/mol. The van der Waals surface area contributed by atoms with Gasteiger partial charge in [0.05, 0.1) is 5.69 Å². The summed E-state index contributed by atoms with van der Waals surface area (Å²) >= 11 is 6.03. The molecule has 1 aromatic heterocycles. The predicted molar refractivity (Wildman–Crippen MR) is 105 cm³/mol. The standard InChI is InChI=1S/C22H15ClN2O/c23-18-13-11-17(12-14-18)22-21(16-7-3-1-4-8-16)20(15-26)25(24-22)19-9-5-2-6-10-19/h1-15H. The number of hydrogen-bond acceptors (Lipinski definition) is 2. The molecule has 26 heavy (non-hydrogen) atoms. The van der Waals surface area contributed by atoms with Gasteiger partial charge in [-0.1, -0.05) is 72.3 Å². The minimum atomic E-state index is 0.521. The number of nitrogens with zero attached hydrogens (tertiary/aromatic N) is 2. The molecule has 0 spiro atoms. The lowest BCUT2D eigenvalue weighted by molar-refractivity contribution is 0.111. The van der Waals surface area contributed by atoms with Crippen molar-refractivity contribution >= 4 is 17.9 Å². The predicted octanol–water partition coefficient (Wildman–Crippen LogP) is 5.67. The zero-order valence-corrected chi connectivity index (χ0v) is 14.6. The largest absolute Gasteiger partial charge is 0.296 e. The van der Waals surface area contributed by atoms with Crippen LogP contribution in [0.5, 0.6) is 0 Å². The number of hydrogen-bond donors (Lipinski definition) is 0. The molecular formula is C22H15ClN2O. The Morgan fingerprint density at radius 3 is 2.00 bits per heavy atom. The lowest BCUT2D eigenvalue weighted by Gasteiger charge is -2.05. The van der Waals surface area contributed by atoms with Crippen LogP contribution in [-0.4, -0.2) is 16.1 Å². The zero-order valence-electron chi connectivity index (χ0n) is 13.8. The lowest BCUT2D eigenvalue weighted by atomic mass is 9.99. The van der Waals surface area contributed by atoms with Crippen LogP contribution in [0.15, 0.2) is 84.9 Å². The van der Waals surface area contributed by atoms with Gasteiger partial charge >= 0.3 is 0 Å². The van der Waals surface area contributed by atoms with Crippen LogP contribution in [0, 0.1) is 0 Å². The summed E-state index contributed by atoms with van der Waals surface area (Å²) < 4.78 is 1.69. The first kappa shape index (κ1) is 16.3. The van der Waals surface area contributed by atoms with Gasteiger partial charge in [0.1, 0.15) is 11.4 Å². The maximum absolute atomic E-state index is 12.0. The van der Waals surface area contributed by atoms with Gasteiger partial charge in [0.2, 0.25) is 0 Å². The highest BCUT2D eigenvalue weighted by Gasteiger charge is 2.21. The summed E-state index contributed by atoms with van der Waals surface area (Å²) in [6.07, 6.45) is 0.863. The summed E-state index contributed by atoms with van der Waals surface area (Å²) in [6.45, 7) is 0. The van der Waals surface area contributed by atoms with E-state index in [1.807, 2.05) is 84.9 Å². The second-order valence-corrected chi connectivity index (χ2v) is 6.28. The summed E-state index contributed by atoms with van der Waals surface area (Å²) in [5, 5.41) is 5.43. The van der Waals surface area contributed by atoms with Gasteiger partial charge in [-0.05, 0) is 29.8 Å². The molecule has 0 aliphatic heterocycles. The summed E-state index contributed by atoms with van der Waals surface area (Å²) in [7, 11) is 0. The van der Waals surface area contributed by atoms with E-state index in [9.17, 15) is 4.79 Å². The molecule has 0 aliphatic rings. The van der Waals surface area contributed by atoms with Crippen LogP contribution in [0.3, 0.4) is 0 Å². The average Bonchev–Trinajstić information content (AvgIpc) is 3.09. The third-order valence-corrected chi connectivity index (χ3v) is 4.47. The molecule has 0 fully saturated rings. The van der Waals surface area contributed by atoms with Crippen LogP contribution in [-0.2, 0) is 0 Å². The number of carbonyl (C=O) groups is 1. The Labute approximate surface area is 156 Å². The molecule has 3 aromatic carbocycles. The minimum Gasteiger partial charge on any atom is -0.296 e. The van der Waals surface area contributed by atoms with Crippen molar-refractivity contribution in [2.75, 3.05) is 0 Å². The van der Waals surface area contributed by atoms with Crippen molar-refractivity contribution < 1.29 is 4.79 Å². The highest BCUT2D eigenvalue weighted by Crippen LogP contribution is 2.35. The van der Waals surface area contributed by atoms with E-state index in [0.717, 1.165) is 34.4 Å². The Balaban J connectivity index is 2.02. The quantitative estimate of drug-likeness (QED) is 0.440. The van der Waals surface area contributed by atoms with E-state index in [2.05, 4.69) is 0 Å². The molecule has 0 saturated heterocycles. The third-order valence-electron chi connectivity index (χ3n) is 4.21. The highest BCUT2D eigenvalue weighted by molar-refractivity contribution is 6.30. The maximum Gasteiger partial charge on any atom is 0.169 e. The van der Waals surface area contributed by atoms with Gasteiger partial charge in [0.15, 0.2) is 6.29 Å². The molecule has 0 atom stereocenters. The van der Waals surface area contributed by atoms with E-state index in [-0.39, 0.29) is 0 Å². The van der Waals surface area contributed by atoms with Gasteiger partial charge < -0.3 is 0 Å². The van der Waals surface area contributed by atoms with Crippen LogP contribution >= 0.6 is 11.6 Å². The minimum absolute atomic E-state index is 0.521. The fourth-order valence-electron chi connectivity index (χ4n) is 3.01. The topological polar surface area (TPSA) is 34.9 Å². The molecule has 0 unspecified atom stereocenters. The monoisotopic (exact) mass is 358 g/mol. The number of carbonyl (C=O) groups excluding carboxylic acids is 1. The first-order valence-corrected chi connectivity index (χ1v) is 8.60. The molecule has 3 nitrogen and oxygen atoms in total. The highest BCUT2D eigenvalue weighted by atomic mass is 35.5. The fourth-order valence-corrected chi connectivity index (χ4v) is 3.13. The molecule has 0 radical (unpaired) electrons. The molecule has 0 aliphatic carbocycles. The van der Waals surface area contributed by atoms with Crippen molar-refractivity contribution in [2.45, 2.75) is 0 Å². The SMILES string of the molecule is O=Cc1c(-c2ccccc2)c(-c2ccc(Cl)cc2)nn1-c1ccccc1. The Morgan fingerprint density at radius 2 is 1.38 bits per heavy atom. The van der Waals surface area contributed by atoms with Crippen molar-refractivity contribution in [2.24, 2.45) is 0 Å². The Bertz CT molecular complexity index is 1040. The molecule has 0 bridgehead atoms. The number of halogens is 1. The van der Waals surface area contributed by atoms with Crippen molar-refractivity contribution in [1.29, 1.82) is 0 Å². The van der Waals surface area contributed by atoms with Crippen LogP contribution in [0.2, 0.25) is 5.02 Å². The first-order valence-electron chi connectivity index (χ1n) is 8.23. The van der Waals surface area contributed by atoms with Crippen LogP contribution < -0.4 is 0 Å². The normalized spacial score (nSPS) is 10.7. The van der Waals surface area contributed by atoms with E-state index in [1.54, 1.807) is 4.68 Å². The summed E-state index contributed by atoms with van der Waals surface area (Å²) in [6, 6.07) is 27.0. The number of aromatic nitrogens is 2. The Morgan fingerprint density at radius 1 is 0.769 bits per heavy atom. The van der Waals surface area contributed by atoms with E-state index in [0.29, 0.717) is 10.7 Å². The van der Waals surface area contributed by atoms with Crippen molar-refractivity contribution in [3.05, 3.63) is 95.6 Å². The molecule has 4 heteroatoms. The number of aldehydes is 1. The van der Waals surface area contributed by atoms with Gasteiger partial charge in [-0.15, -0.1) is 0 Å². The molecule has 4 rings (SSSR count). The number of benzene rings is 3. The number of para-hydroxylation sites is 1. The van der Waals surface area contributed by atoms with E-state index in [4.69, 9.17) is 16.7 Å². The van der Waals surface area contributed by atoms with Crippen molar-refractivity contribution in [1.82, 2.24) is 9.78 Å². The van der Waals surface area contributed by atoms with Gasteiger partial charge in [0.25, 0.3) is 0 Å². The van der Waals surface area contributed by atoms with Crippen LogP contribution in [0.25, 0.3) is 28.1 Å². The molecule has 0 amide bonds. The smallest absolute Gasteiger partial charge is 0.169 e. The third kappa shape index (κ3) is 2.93. The first-order chi connectivity index (χ1) is 12.8. The molecule has 1 heterocycles. The van der Waals surface area contributed by atoms with Gasteiger partial charge in [-0.3, -0.25) is 4.79 Å². The van der Waals surface area contributed by atoms with Crippen LogP contribution in [0.4, 0.5) is 0 Å². The summed E-state index contributed by atoms with van der Waals surface area (Å²) in [5.74, 6) is 0. The molecule has 126 valence electrons. The molecule has 0 saturated carbocycles. The van der Waals surface area contributed by atoms with Crippen molar-refractivity contribution in [3.8, 4) is 28.1 Å². The maximum atomic E-state index is 12.0. The van der Waals surface area contributed by atoms with Gasteiger partial charge in [-0.2, -0.15) is 5.10 Å². The Kier molecular flexibility index (Phi) is 4.38. The van der Waals surface area contributed by atoms with E-state index in [1.165, 1.54) is 0 Å². The Hall–Kier alpha value is -3.17. The van der Waals surface area contributed by atoms with E-state index < -0.39 is 0 Å². The molecule has 4 aromatic rings. The fraction of sp³-hybridized carbons (Fsp3) is 0. The number of rotatable bonds is 4. The lowest BCUT2D eigenvalue weighted by Crippen LogP contribution is -2.01. The second-order valence-electron chi connectivity index (χ2n) is 5.85. The molecule has 0 N–H and O–H groups in total. The van der Waals surface area contributed by atoms with E-state index >= 15 is 0 Å². The summed E-state index contributed by atoms with van der Waals surface area (Å²) in [5.41, 5.74) is 4.78. The van der Waals surface area contributed by atoms with Gasteiger partial charge in [0, 0.05) is 16.1 Å². The van der Waals surface area contributed by atoms with Gasteiger partial charge in [-0.25, -0.2) is 4.68 Å². The molecular weight excluding hydrogens is 344 g/mol. The summed E-state index contributed by atoms with van der Waals surface area (Å²) in [4.78, 5) is 12.0. The zero-order chi connectivity index (χ0) is 17.9. The van der Waals surface area contributed by atoms with Crippen molar-refractivity contribution in [3.63, 3.8) is 0 Å². The van der Waals surface area contributed by atoms with Crippen LogP contribution in [0.1, 0.15) is 10.5 Å².